The Morgan fingerprint density at radius 1 is 0.123 bits per heavy atom. The highest BCUT2D eigenvalue weighted by Gasteiger charge is 2.20. The average Bonchev–Trinajstić information content (AvgIpc) is 0.779. The first-order valence-corrected chi connectivity index (χ1v) is 46.5. The Kier molecular flexibility index (Phi) is 21.9. The van der Waals surface area contributed by atoms with Crippen LogP contribution in [0.2, 0.25) is 0 Å². The van der Waals surface area contributed by atoms with Gasteiger partial charge in [-0.15, -0.1) is 0 Å². The molecule has 26 rings (SSSR count). The van der Waals surface area contributed by atoms with Crippen molar-refractivity contribution in [2.24, 2.45) is 0 Å². The Labute approximate surface area is 797 Å². The third-order valence-corrected chi connectivity index (χ3v) is 26.2. The molecule has 0 atom stereocenters. The van der Waals surface area contributed by atoms with Gasteiger partial charge in [0.05, 0.1) is 78.7 Å². The minimum atomic E-state index is 0.930. The number of hydrogen-bond acceptors (Lipinski definition) is 9. The minimum absolute atomic E-state index is 0.930. The van der Waals surface area contributed by atoms with Gasteiger partial charge in [0.15, 0.2) is 0 Å². The lowest BCUT2D eigenvalue weighted by Crippen LogP contribution is -1.93. The Balaban J connectivity index is 0.000000114. The molecule has 9 aromatic heterocycles. The van der Waals surface area contributed by atoms with Gasteiger partial charge in [-0.25, -0.2) is 24.9 Å². The van der Waals surface area contributed by atoms with Crippen molar-refractivity contribution in [3.8, 4) is 157 Å². The van der Waals surface area contributed by atoms with Crippen LogP contribution in [0.5, 0.6) is 0 Å². The van der Waals surface area contributed by atoms with Gasteiger partial charge in [0.1, 0.15) is 0 Å². The molecule has 0 aliphatic carbocycles. The van der Waals surface area contributed by atoms with Crippen molar-refractivity contribution in [3.63, 3.8) is 0 Å². The summed E-state index contributed by atoms with van der Waals surface area (Å²) in [4.78, 5) is 44.2. The van der Waals surface area contributed by atoms with Gasteiger partial charge in [-0.1, -0.05) is 388 Å². The normalized spacial score (nSPS) is 11.3. The molecule has 9 heteroatoms. The first-order chi connectivity index (χ1) is 68.3. The zero-order valence-corrected chi connectivity index (χ0v) is 74.9. The number of aromatic nitrogens is 9. The summed E-state index contributed by atoms with van der Waals surface area (Å²) in [5.74, 6) is 0. The number of para-hydroxylation sites is 6. The molecular formula is C129H83N9. The number of rotatable bonds is 14. The summed E-state index contributed by atoms with van der Waals surface area (Å²) in [6.45, 7) is 0. The summed E-state index contributed by atoms with van der Waals surface area (Å²) in [5, 5.41) is 13.8. The van der Waals surface area contributed by atoms with E-state index in [-0.39, 0.29) is 0 Å². The second-order valence-corrected chi connectivity index (χ2v) is 34.7. The van der Waals surface area contributed by atoms with Crippen LogP contribution >= 0.6 is 0 Å². The molecule has 0 N–H and O–H groups in total. The molecule has 17 aromatic carbocycles. The summed E-state index contributed by atoms with van der Waals surface area (Å²) in [6.07, 6.45) is 7.66. The predicted octanol–water partition coefficient (Wildman–Crippen LogP) is 33.3. The molecule has 0 bridgehead atoms. The van der Waals surface area contributed by atoms with E-state index >= 15 is 0 Å². The van der Waals surface area contributed by atoms with Crippen molar-refractivity contribution in [3.05, 3.63) is 504 Å². The lowest BCUT2D eigenvalue weighted by molar-refractivity contribution is 1.34. The molecule has 0 unspecified atom stereocenters. The monoisotopic (exact) mass is 1760 g/mol. The molecule has 0 aliphatic rings. The van der Waals surface area contributed by atoms with Crippen LogP contribution in [0, 0.1) is 0 Å². The highest BCUT2D eigenvalue weighted by atomic mass is 14.8. The van der Waals surface area contributed by atoms with E-state index < -0.39 is 0 Å². The topological polar surface area (TPSA) is 116 Å². The molecule has 0 saturated heterocycles. The third kappa shape index (κ3) is 16.5. The Morgan fingerprint density at radius 2 is 0.362 bits per heavy atom. The summed E-state index contributed by atoms with van der Waals surface area (Å²) in [5.41, 5.74) is 36.1. The number of benzene rings is 17. The van der Waals surface area contributed by atoms with Crippen LogP contribution in [0.4, 0.5) is 0 Å². The number of fused-ring (bicyclic) bond motifs is 9. The zero-order chi connectivity index (χ0) is 91.6. The zero-order valence-electron chi connectivity index (χ0n) is 74.9. The van der Waals surface area contributed by atoms with Crippen LogP contribution in [0.1, 0.15) is 0 Å². The molecular weight excluding hydrogens is 1680 g/mol. The van der Waals surface area contributed by atoms with Crippen LogP contribution in [0.3, 0.4) is 0 Å². The van der Waals surface area contributed by atoms with Gasteiger partial charge >= 0.3 is 0 Å². The van der Waals surface area contributed by atoms with Crippen LogP contribution in [-0.2, 0) is 0 Å². The van der Waals surface area contributed by atoms with Crippen LogP contribution < -0.4 is 0 Å². The second kappa shape index (κ2) is 36.5. The van der Waals surface area contributed by atoms with E-state index in [9.17, 15) is 0 Å². The lowest BCUT2D eigenvalue weighted by Gasteiger charge is -2.13. The summed E-state index contributed by atoms with van der Waals surface area (Å²) < 4.78 is 0. The molecule has 138 heavy (non-hydrogen) atoms. The molecule has 0 amide bonds. The van der Waals surface area contributed by atoms with Crippen molar-refractivity contribution in [1.29, 1.82) is 0 Å². The van der Waals surface area contributed by atoms with E-state index in [0.717, 1.165) is 210 Å². The van der Waals surface area contributed by atoms with Crippen molar-refractivity contribution in [2.75, 3.05) is 0 Å². The van der Waals surface area contributed by atoms with Gasteiger partial charge in [0.25, 0.3) is 0 Å². The summed E-state index contributed by atoms with van der Waals surface area (Å²) in [6, 6.07) is 168. The van der Waals surface area contributed by atoms with Gasteiger partial charge in [0.2, 0.25) is 0 Å². The van der Waals surface area contributed by atoms with Gasteiger partial charge in [-0.3, -0.25) is 19.9 Å². The van der Waals surface area contributed by atoms with Crippen LogP contribution in [-0.4, -0.2) is 44.9 Å². The van der Waals surface area contributed by atoms with E-state index in [1.807, 2.05) is 67.3 Å². The Bertz CT molecular complexity index is 9080. The fourth-order valence-corrected chi connectivity index (χ4v) is 19.1. The van der Waals surface area contributed by atoms with Gasteiger partial charge < -0.3 is 0 Å². The van der Waals surface area contributed by atoms with Crippen molar-refractivity contribution < 1.29 is 0 Å². The molecule has 0 fully saturated rings. The van der Waals surface area contributed by atoms with Gasteiger partial charge in [-0.05, 0) is 163 Å². The highest BCUT2D eigenvalue weighted by Crippen LogP contribution is 2.43. The van der Waals surface area contributed by atoms with E-state index in [4.69, 9.17) is 24.9 Å². The molecule has 644 valence electrons. The molecule has 0 saturated carbocycles. The van der Waals surface area contributed by atoms with Crippen LogP contribution in [0.15, 0.2) is 504 Å². The van der Waals surface area contributed by atoms with E-state index in [0.29, 0.717) is 0 Å². The van der Waals surface area contributed by atoms with Gasteiger partial charge in [0, 0.05) is 129 Å². The average molecular weight is 1760 g/mol. The predicted molar refractivity (Wildman–Crippen MR) is 573 cm³/mol. The quantitative estimate of drug-likeness (QED) is 0.105. The number of pyridine rings is 9. The first kappa shape index (κ1) is 82.6. The summed E-state index contributed by atoms with van der Waals surface area (Å²) in [7, 11) is 0. The van der Waals surface area contributed by atoms with Crippen LogP contribution in [0.25, 0.3) is 255 Å². The molecule has 26 aromatic rings. The van der Waals surface area contributed by atoms with Gasteiger partial charge in [-0.2, -0.15) is 0 Å². The fraction of sp³-hybridized carbons (Fsp3) is 0. The molecule has 0 radical (unpaired) electrons. The lowest BCUT2D eigenvalue weighted by atomic mass is 9.96. The Morgan fingerprint density at radius 3 is 0.696 bits per heavy atom. The SMILES string of the molecule is c1ccc(-c2cc(-c3ccc(-c4cc5ccccc5c(-c5ccc(-c6cc(-c7ccccc7)c7ccccc7n6)cc5)n4)cc3)nc3ccccc23)cc1.c1ccc2c(-c3ccc(-c4ccnc5ccccc45)cc3)nc(-c3ccc(-c4ccnc5ccccc45)cc3)cc2c1.c1ccc2ncc(-c3ccc(-c4cc5ccccc5c(-c5ccc(-c6cnc7ccccc7c6)cc5)n4)cc3)cc2c1. The number of hydrogen-bond donors (Lipinski definition) is 0. The van der Waals surface area contributed by atoms with E-state index in [1.54, 1.807) is 0 Å². The number of nitrogens with zero attached hydrogens (tertiary/aromatic N) is 9. The molecule has 9 heterocycles. The third-order valence-electron chi connectivity index (χ3n) is 26.2. The maximum atomic E-state index is 5.30. The fourth-order valence-electron chi connectivity index (χ4n) is 19.1. The second-order valence-electron chi connectivity index (χ2n) is 34.7. The summed E-state index contributed by atoms with van der Waals surface area (Å²) >= 11 is 0. The van der Waals surface area contributed by atoms with E-state index in [1.165, 1.54) is 44.2 Å². The largest absolute Gasteiger partial charge is 0.256 e. The minimum Gasteiger partial charge on any atom is -0.256 e. The van der Waals surface area contributed by atoms with Crippen molar-refractivity contribution >= 4 is 97.7 Å². The maximum absolute atomic E-state index is 5.30. The molecule has 9 nitrogen and oxygen atoms in total. The van der Waals surface area contributed by atoms with Crippen molar-refractivity contribution in [2.45, 2.75) is 0 Å². The highest BCUT2D eigenvalue weighted by molar-refractivity contribution is 6.04. The first-order valence-electron chi connectivity index (χ1n) is 46.5. The smallest absolute Gasteiger partial charge is 0.0787 e. The van der Waals surface area contributed by atoms with Crippen molar-refractivity contribution in [1.82, 2.24) is 44.9 Å². The Hall–Kier alpha value is -18.6. The maximum Gasteiger partial charge on any atom is 0.0787 e. The van der Waals surface area contributed by atoms with E-state index in [2.05, 4.69) is 457 Å². The standard InChI is InChI=1S/C51H33N3.2C39H25N3/c1-3-13-34(14-4-1)44-32-49(52-46-21-11-9-19-42(44)46)37-25-23-36(24-26-37)48-31-40-17-7-8-18-41(40)51(54-48)39-29-27-38(28-30-39)50-33-45(35-15-5-2-6-16-35)43-20-10-12-22-47(43)53-50;1-4-10-35-30(7-1)23-38(28-17-13-26(14-18-28)33-21-31-8-2-5-11-36(31)40-24-33)42-39(35)29-19-15-27(16-20-29)34-22-32-9-3-6-12-37(32)41-25-34;1-2-8-33-30(7-1)25-38(28-17-13-26(14-18-28)31-21-23-40-36-11-5-3-9-34(31)36)42-39(33)29-19-15-27(16-20-29)32-22-24-41-37-12-6-4-10-35(32)37/h1-33H;2*1-25H. The molecule has 0 aliphatic heterocycles. The molecule has 0 spiro atoms.